The monoisotopic (exact) mass is 193 g/mol. The summed E-state index contributed by atoms with van der Waals surface area (Å²) >= 11 is 0. The Hall–Kier alpha value is -1.06. The van der Waals surface area contributed by atoms with E-state index in [9.17, 15) is 5.11 Å². The highest BCUT2D eigenvalue weighted by Gasteiger charge is 1.92. The number of nitrogens with zero attached hydrogens (tertiary/aromatic N) is 1. The lowest BCUT2D eigenvalue weighted by Crippen LogP contribution is -2.20. The van der Waals surface area contributed by atoms with E-state index in [1.165, 1.54) is 0 Å². The van der Waals surface area contributed by atoms with E-state index >= 15 is 0 Å². The average molecular weight is 193 g/mol. The van der Waals surface area contributed by atoms with Crippen LogP contribution >= 0.6 is 0 Å². The summed E-state index contributed by atoms with van der Waals surface area (Å²) in [5.41, 5.74) is 1.86. The third kappa shape index (κ3) is 3.77. The Morgan fingerprint density at radius 3 is 2.79 bits per heavy atom. The quantitative estimate of drug-likeness (QED) is 0.741. The molecule has 0 aliphatic heterocycles. The third-order valence-corrected chi connectivity index (χ3v) is 1.98. The van der Waals surface area contributed by atoms with Crippen molar-refractivity contribution in [1.82, 2.24) is 4.90 Å². The van der Waals surface area contributed by atoms with Crippen LogP contribution in [0.4, 0.5) is 5.69 Å². The summed E-state index contributed by atoms with van der Waals surface area (Å²) in [5.74, 6) is 0. The van der Waals surface area contributed by atoms with Gasteiger partial charge < -0.3 is 15.3 Å². The number of hydrogen-bond acceptors (Lipinski definition) is 3. The minimum atomic E-state index is -0.150. The Morgan fingerprint density at radius 1 is 1.36 bits per heavy atom. The zero-order valence-electron chi connectivity index (χ0n) is 8.79. The maximum Gasteiger partial charge on any atom is 0.0342 e. The zero-order chi connectivity index (χ0) is 10.4. The van der Waals surface area contributed by atoms with E-state index in [1.54, 1.807) is 0 Å². The molecule has 3 heteroatoms. The van der Waals surface area contributed by atoms with Gasteiger partial charge in [0.05, 0.1) is 0 Å². The molecule has 0 atom stereocenters. The smallest absolute Gasteiger partial charge is 0.0342 e. The molecule has 78 valence electrons. The number of nitrogens with one attached hydrogen (secondary N) is 1. The first-order chi connectivity index (χ1) is 6.72. The highest BCUT2D eigenvalue weighted by atomic mass is 16.3. The van der Waals surface area contributed by atoms with Crippen molar-refractivity contribution in [2.24, 2.45) is 0 Å². The Labute approximate surface area is 85.4 Å². The summed E-state index contributed by atoms with van der Waals surface area (Å²) in [4.78, 5) is 2.12. The van der Waals surface area contributed by atoms with Crippen molar-refractivity contribution in [1.29, 1.82) is 0 Å². The molecule has 1 aromatic rings. The predicted octanol–water partition coefficient (Wildman–Crippen LogP) is 0.520. The zero-order valence-corrected chi connectivity index (χ0v) is 8.79. The molecule has 0 aliphatic carbocycles. The minimum absolute atomic E-state index is 0.150. The average Bonchev–Trinajstić information content (AvgIpc) is 2.18. The van der Waals surface area contributed by atoms with E-state index in [4.69, 9.17) is 0 Å². The van der Waals surface area contributed by atoms with Crippen LogP contribution in [0.1, 0.15) is 5.56 Å². The molecule has 1 aromatic carbocycles. The van der Waals surface area contributed by atoms with Crippen molar-refractivity contribution in [3.8, 4) is 0 Å². The Balaban J connectivity index is 2.42. The second-order valence-corrected chi connectivity index (χ2v) is 3.57. The lowest BCUT2D eigenvalue weighted by Gasteiger charge is -2.12. The van der Waals surface area contributed by atoms with E-state index in [0.717, 1.165) is 24.3 Å². The van der Waals surface area contributed by atoms with E-state index < -0.39 is 0 Å². The molecule has 0 heterocycles. The summed E-state index contributed by atoms with van der Waals surface area (Å²) in [5, 5.41) is 13.9. The van der Waals surface area contributed by atoms with Gasteiger partial charge in [-0.1, -0.05) is 17.7 Å². The molecule has 0 unspecified atom stereocenters. The molecule has 0 amide bonds. The highest BCUT2D eigenvalue weighted by Crippen LogP contribution is 2.09. The molecule has 0 bridgehead atoms. The first-order valence-electron chi connectivity index (χ1n) is 4.78. The molecule has 0 aromatic heterocycles. The molecular weight excluding hydrogens is 176 g/mol. The van der Waals surface area contributed by atoms with Crippen molar-refractivity contribution < 1.29 is 5.11 Å². The van der Waals surface area contributed by atoms with E-state index in [-0.39, 0.29) is 6.61 Å². The van der Waals surface area contributed by atoms with Crippen LogP contribution in [-0.2, 0) is 6.61 Å². The Bertz CT molecular complexity index is 274. The Morgan fingerprint density at radius 2 is 2.14 bits per heavy atom. The van der Waals surface area contributed by atoms with Crippen LogP contribution in [-0.4, -0.2) is 32.1 Å². The first-order valence-corrected chi connectivity index (χ1v) is 4.78. The summed E-state index contributed by atoms with van der Waals surface area (Å²) < 4.78 is 0. The van der Waals surface area contributed by atoms with Gasteiger partial charge in [0.15, 0.2) is 0 Å². The van der Waals surface area contributed by atoms with Gasteiger partial charge in [0.25, 0.3) is 0 Å². The SMILES string of the molecule is CN(C)CCNc1cccc(C[O-])c1. The third-order valence-electron chi connectivity index (χ3n) is 1.98. The van der Waals surface area contributed by atoms with Gasteiger partial charge in [-0.3, -0.25) is 0 Å². The summed E-state index contributed by atoms with van der Waals surface area (Å²) in [7, 11) is 4.07. The maximum atomic E-state index is 10.6. The normalized spacial score (nSPS) is 10.6. The lowest BCUT2D eigenvalue weighted by molar-refractivity contribution is -0.386. The van der Waals surface area contributed by atoms with Crippen LogP contribution in [0, 0.1) is 0 Å². The summed E-state index contributed by atoms with van der Waals surface area (Å²) in [6.07, 6.45) is 0. The van der Waals surface area contributed by atoms with Gasteiger partial charge >= 0.3 is 0 Å². The first kappa shape index (κ1) is 11.0. The summed E-state index contributed by atoms with van der Waals surface area (Å²) in [6, 6.07) is 7.65. The molecule has 3 nitrogen and oxygen atoms in total. The van der Waals surface area contributed by atoms with Crippen molar-refractivity contribution >= 4 is 5.69 Å². The second-order valence-electron chi connectivity index (χ2n) is 3.57. The molecular formula is C11H17N2O-. The molecule has 0 aliphatic rings. The number of benzene rings is 1. The topological polar surface area (TPSA) is 38.3 Å². The van der Waals surface area contributed by atoms with E-state index in [1.807, 2.05) is 38.4 Å². The predicted molar refractivity (Wildman–Crippen MR) is 57.2 cm³/mol. The lowest BCUT2D eigenvalue weighted by atomic mass is 10.2. The van der Waals surface area contributed by atoms with Crippen LogP contribution in [0.5, 0.6) is 0 Å². The van der Waals surface area contributed by atoms with Crippen LogP contribution < -0.4 is 10.4 Å². The van der Waals surface area contributed by atoms with Crippen LogP contribution in [0.15, 0.2) is 24.3 Å². The maximum absolute atomic E-state index is 10.6. The van der Waals surface area contributed by atoms with Gasteiger partial charge in [-0.2, -0.15) is 0 Å². The van der Waals surface area contributed by atoms with Crippen LogP contribution in [0.2, 0.25) is 0 Å². The van der Waals surface area contributed by atoms with Crippen molar-refractivity contribution in [3.05, 3.63) is 29.8 Å². The van der Waals surface area contributed by atoms with Gasteiger partial charge in [0, 0.05) is 18.8 Å². The molecule has 0 spiro atoms. The number of rotatable bonds is 5. The molecule has 0 fully saturated rings. The van der Waals surface area contributed by atoms with E-state index in [0.29, 0.717) is 0 Å². The Kier molecular flexibility index (Phi) is 4.43. The van der Waals surface area contributed by atoms with Crippen LogP contribution in [0.25, 0.3) is 0 Å². The fourth-order valence-electron chi connectivity index (χ4n) is 1.19. The van der Waals surface area contributed by atoms with Gasteiger partial charge in [-0.15, -0.1) is 6.61 Å². The molecule has 1 N–H and O–H groups in total. The summed E-state index contributed by atoms with van der Waals surface area (Å²) in [6.45, 7) is 1.74. The fourth-order valence-corrected chi connectivity index (χ4v) is 1.19. The van der Waals surface area contributed by atoms with Crippen LogP contribution in [0.3, 0.4) is 0 Å². The van der Waals surface area contributed by atoms with Crippen molar-refractivity contribution in [3.63, 3.8) is 0 Å². The molecule has 14 heavy (non-hydrogen) atoms. The van der Waals surface area contributed by atoms with E-state index in [2.05, 4.69) is 10.2 Å². The van der Waals surface area contributed by atoms with Gasteiger partial charge in [-0.25, -0.2) is 0 Å². The molecule has 1 rings (SSSR count). The van der Waals surface area contributed by atoms with Gasteiger partial charge in [-0.05, 0) is 26.2 Å². The van der Waals surface area contributed by atoms with Gasteiger partial charge in [0.1, 0.15) is 0 Å². The highest BCUT2D eigenvalue weighted by molar-refractivity contribution is 5.45. The minimum Gasteiger partial charge on any atom is -0.851 e. The largest absolute Gasteiger partial charge is 0.851 e. The molecule has 0 radical (unpaired) electrons. The van der Waals surface area contributed by atoms with Crippen molar-refractivity contribution in [2.45, 2.75) is 6.61 Å². The molecule has 0 saturated heterocycles. The van der Waals surface area contributed by atoms with Gasteiger partial charge in [0.2, 0.25) is 0 Å². The molecule has 0 saturated carbocycles. The number of likely N-dealkylation sites (N-methyl/N-ethyl adjacent to an activating group) is 1. The standard InChI is InChI=1S/C11H17N2O/c1-13(2)7-6-12-11-5-3-4-10(8-11)9-14/h3-5,8,12H,6-7,9H2,1-2H3/q-1. The number of anilines is 1. The fraction of sp³-hybridized carbons (Fsp3) is 0.455. The van der Waals surface area contributed by atoms with Crippen molar-refractivity contribution in [2.75, 3.05) is 32.5 Å². The second kappa shape index (κ2) is 5.62. The number of hydrogen-bond donors (Lipinski definition) is 1.